The zero-order chi connectivity index (χ0) is 22.8. The Kier molecular flexibility index (Phi) is 9.30. The molecule has 2 rings (SSSR count). The van der Waals surface area contributed by atoms with Gasteiger partial charge in [-0.1, -0.05) is 51.1 Å². The Hall–Kier alpha value is -3.10. The summed E-state index contributed by atoms with van der Waals surface area (Å²) in [5.74, 6) is -1.22. The molecule has 1 aromatic carbocycles. The molecule has 0 spiro atoms. The van der Waals surface area contributed by atoms with Gasteiger partial charge in [0.15, 0.2) is 0 Å². The fourth-order valence-corrected chi connectivity index (χ4v) is 3.26. The van der Waals surface area contributed by atoms with E-state index in [0.717, 1.165) is 5.56 Å². The van der Waals surface area contributed by atoms with Crippen LogP contribution in [0.5, 0.6) is 0 Å². The highest BCUT2D eigenvalue weighted by atomic mass is 16.5. The molecule has 1 aliphatic rings. The number of hydrogen-bond donors (Lipinski definition) is 3. The van der Waals surface area contributed by atoms with Crippen LogP contribution >= 0.6 is 0 Å². The van der Waals surface area contributed by atoms with Crippen molar-refractivity contribution in [2.45, 2.75) is 52.7 Å². The van der Waals surface area contributed by atoms with Crippen LogP contribution in [0.25, 0.3) is 0 Å². The average Bonchev–Trinajstić information content (AvgIpc) is 3.15. The lowest BCUT2D eigenvalue weighted by Crippen LogP contribution is -2.55. The van der Waals surface area contributed by atoms with Crippen LogP contribution in [0.1, 0.15) is 45.6 Å². The van der Waals surface area contributed by atoms with Crippen LogP contribution in [0.3, 0.4) is 0 Å². The van der Waals surface area contributed by atoms with E-state index in [1.165, 1.54) is 5.01 Å². The number of hydrazine groups is 1. The van der Waals surface area contributed by atoms with Gasteiger partial charge in [-0.25, -0.2) is 4.79 Å². The van der Waals surface area contributed by atoms with E-state index in [2.05, 4.69) is 16.1 Å². The number of ether oxygens (including phenoxy) is 1. The standard InChI is InChI=1S/C22H32N4O5/c1-4-19(27)26(13-17-10-11-23-20(17)28)25-21(29)18(12-15(2)3)24-22(30)31-14-16-8-6-5-7-9-16/h5-9,15,17-18H,4,10-14H2,1-3H3,(H,23,28)(H,24,30)(H,25,29)/t17-,18+/m0/s1. The Morgan fingerprint density at radius 1 is 1.23 bits per heavy atom. The maximum Gasteiger partial charge on any atom is 0.408 e. The summed E-state index contributed by atoms with van der Waals surface area (Å²) in [5, 5.41) is 6.50. The summed E-state index contributed by atoms with van der Waals surface area (Å²) in [6.07, 6.45) is 0.426. The lowest BCUT2D eigenvalue weighted by molar-refractivity contribution is -0.143. The molecule has 0 aromatic heterocycles. The highest BCUT2D eigenvalue weighted by Gasteiger charge is 2.31. The first-order chi connectivity index (χ1) is 14.8. The van der Waals surface area contributed by atoms with E-state index in [9.17, 15) is 19.2 Å². The van der Waals surface area contributed by atoms with Gasteiger partial charge >= 0.3 is 6.09 Å². The van der Waals surface area contributed by atoms with Crippen molar-refractivity contribution >= 4 is 23.8 Å². The molecule has 1 heterocycles. The van der Waals surface area contributed by atoms with E-state index in [0.29, 0.717) is 19.4 Å². The minimum atomic E-state index is -0.882. The number of rotatable bonds is 9. The summed E-state index contributed by atoms with van der Waals surface area (Å²) in [5.41, 5.74) is 3.42. The predicted molar refractivity (Wildman–Crippen MR) is 114 cm³/mol. The Labute approximate surface area is 182 Å². The fraction of sp³-hybridized carbons (Fsp3) is 0.545. The van der Waals surface area contributed by atoms with Gasteiger partial charge in [0.2, 0.25) is 11.8 Å². The van der Waals surface area contributed by atoms with Crippen molar-refractivity contribution in [3.8, 4) is 0 Å². The highest BCUT2D eigenvalue weighted by molar-refractivity contribution is 5.88. The van der Waals surface area contributed by atoms with Crippen LogP contribution < -0.4 is 16.1 Å². The zero-order valence-electron chi connectivity index (χ0n) is 18.3. The number of nitrogens with zero attached hydrogens (tertiary/aromatic N) is 1. The van der Waals surface area contributed by atoms with Crippen molar-refractivity contribution < 1.29 is 23.9 Å². The predicted octanol–water partition coefficient (Wildman–Crippen LogP) is 1.73. The fourth-order valence-electron chi connectivity index (χ4n) is 3.26. The lowest BCUT2D eigenvalue weighted by Gasteiger charge is -2.28. The minimum Gasteiger partial charge on any atom is -0.445 e. The third-order valence-corrected chi connectivity index (χ3v) is 4.94. The molecular formula is C22H32N4O5. The second-order valence-corrected chi connectivity index (χ2v) is 8.00. The molecule has 9 nitrogen and oxygen atoms in total. The van der Waals surface area contributed by atoms with Gasteiger partial charge < -0.3 is 15.4 Å². The average molecular weight is 433 g/mol. The summed E-state index contributed by atoms with van der Waals surface area (Å²) < 4.78 is 5.22. The van der Waals surface area contributed by atoms with Crippen LogP contribution in [0.2, 0.25) is 0 Å². The van der Waals surface area contributed by atoms with Gasteiger partial charge in [0.1, 0.15) is 12.6 Å². The monoisotopic (exact) mass is 432 g/mol. The number of carbonyl (C=O) groups is 4. The SMILES string of the molecule is CCC(=O)N(C[C@@H]1CCNC1=O)NC(=O)[C@@H](CC(C)C)NC(=O)OCc1ccccc1. The minimum absolute atomic E-state index is 0.0833. The summed E-state index contributed by atoms with van der Waals surface area (Å²) in [6.45, 7) is 6.26. The van der Waals surface area contributed by atoms with E-state index in [4.69, 9.17) is 4.74 Å². The zero-order valence-corrected chi connectivity index (χ0v) is 18.3. The smallest absolute Gasteiger partial charge is 0.408 e. The van der Waals surface area contributed by atoms with Gasteiger partial charge in [-0.05, 0) is 24.3 Å². The molecule has 4 amide bonds. The van der Waals surface area contributed by atoms with Crippen LogP contribution in [-0.2, 0) is 25.7 Å². The topological polar surface area (TPSA) is 117 Å². The number of carbonyl (C=O) groups excluding carboxylic acids is 4. The second kappa shape index (κ2) is 11.9. The summed E-state index contributed by atoms with van der Waals surface area (Å²) >= 11 is 0. The van der Waals surface area contributed by atoms with Crippen molar-refractivity contribution in [1.29, 1.82) is 0 Å². The Morgan fingerprint density at radius 2 is 1.94 bits per heavy atom. The molecule has 1 saturated heterocycles. The molecule has 0 unspecified atom stereocenters. The third kappa shape index (κ3) is 7.92. The molecule has 0 aliphatic carbocycles. The molecule has 170 valence electrons. The van der Waals surface area contributed by atoms with Gasteiger partial charge in [0.25, 0.3) is 5.91 Å². The highest BCUT2D eigenvalue weighted by Crippen LogP contribution is 2.12. The van der Waals surface area contributed by atoms with Gasteiger partial charge in [-0.2, -0.15) is 0 Å². The van der Waals surface area contributed by atoms with E-state index in [-0.39, 0.29) is 43.2 Å². The van der Waals surface area contributed by atoms with E-state index < -0.39 is 18.0 Å². The van der Waals surface area contributed by atoms with Gasteiger partial charge in [0, 0.05) is 13.0 Å². The van der Waals surface area contributed by atoms with Crippen LogP contribution in [0.4, 0.5) is 4.79 Å². The van der Waals surface area contributed by atoms with Gasteiger partial charge in [-0.3, -0.25) is 24.8 Å². The largest absolute Gasteiger partial charge is 0.445 e. The van der Waals surface area contributed by atoms with E-state index in [1.807, 2.05) is 44.2 Å². The second-order valence-electron chi connectivity index (χ2n) is 8.00. The molecular weight excluding hydrogens is 400 g/mol. The molecule has 1 aliphatic heterocycles. The number of hydrogen-bond acceptors (Lipinski definition) is 5. The molecule has 9 heteroatoms. The molecule has 0 saturated carbocycles. The molecule has 1 fully saturated rings. The third-order valence-electron chi connectivity index (χ3n) is 4.94. The van der Waals surface area contributed by atoms with Crippen molar-refractivity contribution in [3.63, 3.8) is 0 Å². The number of benzene rings is 1. The van der Waals surface area contributed by atoms with Crippen molar-refractivity contribution in [1.82, 2.24) is 21.1 Å². The Bertz CT molecular complexity index is 768. The van der Waals surface area contributed by atoms with Gasteiger partial charge in [-0.15, -0.1) is 0 Å². The molecule has 3 N–H and O–H groups in total. The normalized spacial score (nSPS) is 16.4. The van der Waals surface area contributed by atoms with E-state index >= 15 is 0 Å². The summed E-state index contributed by atoms with van der Waals surface area (Å²) in [4.78, 5) is 49.4. The van der Waals surface area contributed by atoms with Crippen molar-refractivity contribution in [2.75, 3.05) is 13.1 Å². The Balaban J connectivity index is 1.99. The maximum absolute atomic E-state index is 12.9. The maximum atomic E-state index is 12.9. The van der Waals surface area contributed by atoms with E-state index in [1.54, 1.807) is 6.92 Å². The Morgan fingerprint density at radius 3 is 2.52 bits per heavy atom. The van der Waals surface area contributed by atoms with Crippen LogP contribution in [0, 0.1) is 11.8 Å². The number of nitrogens with one attached hydrogen (secondary N) is 3. The number of amides is 4. The first-order valence-corrected chi connectivity index (χ1v) is 10.7. The van der Waals surface area contributed by atoms with Gasteiger partial charge in [0.05, 0.1) is 12.5 Å². The molecule has 1 aromatic rings. The molecule has 0 bridgehead atoms. The first kappa shape index (κ1) is 24.2. The summed E-state index contributed by atoms with van der Waals surface area (Å²) in [6, 6.07) is 8.33. The lowest BCUT2D eigenvalue weighted by atomic mass is 10.0. The van der Waals surface area contributed by atoms with Crippen molar-refractivity contribution in [3.05, 3.63) is 35.9 Å². The molecule has 2 atom stereocenters. The quantitative estimate of drug-likeness (QED) is 0.514. The summed E-state index contributed by atoms with van der Waals surface area (Å²) in [7, 11) is 0. The first-order valence-electron chi connectivity index (χ1n) is 10.7. The van der Waals surface area contributed by atoms with Crippen LogP contribution in [0.15, 0.2) is 30.3 Å². The molecule has 31 heavy (non-hydrogen) atoms. The molecule has 0 radical (unpaired) electrons. The van der Waals surface area contributed by atoms with Crippen LogP contribution in [-0.4, -0.2) is 48.0 Å². The number of alkyl carbamates (subject to hydrolysis) is 1. The van der Waals surface area contributed by atoms with Crippen molar-refractivity contribution in [2.24, 2.45) is 11.8 Å².